The molecule has 1 saturated carbocycles. The summed E-state index contributed by atoms with van der Waals surface area (Å²) in [4.78, 5) is 10.6. The van der Waals surface area contributed by atoms with Gasteiger partial charge in [-0.05, 0) is 49.5 Å². The van der Waals surface area contributed by atoms with Crippen molar-refractivity contribution in [3.05, 3.63) is 71.8 Å². The molecule has 0 aliphatic heterocycles. The predicted octanol–water partition coefficient (Wildman–Crippen LogP) is 3.90. The third kappa shape index (κ3) is 5.66. The molecule has 4 heteroatoms. The normalized spacial score (nSPS) is 28.0. The number of carbonyl (C=O) groups is 1. The van der Waals surface area contributed by atoms with Gasteiger partial charge < -0.3 is 15.3 Å². The molecule has 0 amide bonds. The Labute approximate surface area is 166 Å². The van der Waals surface area contributed by atoms with Gasteiger partial charge in [-0.2, -0.15) is 0 Å². The zero-order valence-corrected chi connectivity index (χ0v) is 16.2. The minimum absolute atomic E-state index is 0.0672. The van der Waals surface area contributed by atoms with Gasteiger partial charge >= 0.3 is 5.97 Å². The van der Waals surface area contributed by atoms with E-state index in [1.54, 1.807) is 0 Å². The lowest BCUT2D eigenvalue weighted by atomic mass is 9.89. The second-order valence-corrected chi connectivity index (χ2v) is 7.97. The van der Waals surface area contributed by atoms with Crippen molar-refractivity contribution in [3.63, 3.8) is 0 Å². The molecule has 28 heavy (non-hydrogen) atoms. The van der Waals surface area contributed by atoms with E-state index in [0.29, 0.717) is 24.7 Å². The number of benzene rings is 1. The topological polar surface area (TPSA) is 77.8 Å². The molecular formula is C24H30O4. The van der Waals surface area contributed by atoms with Gasteiger partial charge in [0.25, 0.3) is 0 Å². The van der Waals surface area contributed by atoms with E-state index in [-0.39, 0.29) is 18.4 Å². The van der Waals surface area contributed by atoms with Crippen LogP contribution < -0.4 is 0 Å². The first kappa shape index (κ1) is 20.6. The highest BCUT2D eigenvalue weighted by Crippen LogP contribution is 2.47. The predicted molar refractivity (Wildman–Crippen MR) is 110 cm³/mol. The van der Waals surface area contributed by atoms with Gasteiger partial charge in [0.2, 0.25) is 0 Å². The Balaban J connectivity index is 1.49. The maximum Gasteiger partial charge on any atom is 0.303 e. The van der Waals surface area contributed by atoms with Crippen molar-refractivity contribution < 1.29 is 20.1 Å². The summed E-state index contributed by atoms with van der Waals surface area (Å²) in [5.74, 6) is 0.0237. The van der Waals surface area contributed by atoms with Gasteiger partial charge in [-0.15, -0.1) is 0 Å². The summed E-state index contributed by atoms with van der Waals surface area (Å²) >= 11 is 0. The van der Waals surface area contributed by atoms with Crippen LogP contribution in [-0.4, -0.2) is 33.5 Å². The first-order valence-corrected chi connectivity index (χ1v) is 10.2. The fourth-order valence-corrected chi connectivity index (χ4v) is 4.42. The molecule has 2 aliphatic carbocycles. The highest BCUT2D eigenvalue weighted by Gasteiger charge is 2.42. The lowest BCUT2D eigenvalue weighted by molar-refractivity contribution is -0.136. The van der Waals surface area contributed by atoms with Crippen LogP contribution in [0, 0.1) is 17.8 Å². The molecule has 0 spiro atoms. The minimum atomic E-state index is -0.777. The van der Waals surface area contributed by atoms with Crippen LogP contribution in [0.3, 0.4) is 0 Å². The Morgan fingerprint density at radius 2 is 2.04 bits per heavy atom. The molecule has 4 nitrogen and oxygen atoms in total. The number of hydrogen-bond donors (Lipinski definition) is 3. The maximum atomic E-state index is 10.6. The standard InChI is InChI=1S/C24H30O4/c25-20(11-10-17-6-2-1-3-7-17)12-13-21-22-15-18(8-4-5-9-24(27)28)14-19(22)16-23(21)26/h1-4,6-8,12-14,19-23,25-26H,5,9-11,15-16H2,(H,27,28)/b8-4?,13-12-/t19-,20-,21-,22-,23+/m0/s1. The Bertz CT molecular complexity index is 734. The third-order valence-electron chi connectivity index (χ3n) is 5.89. The SMILES string of the molecule is O=C(O)CCC=CC1=C[C@H]2C[C@@H](O)[C@@H](/C=C\[C@@H](O)CCc3ccccc3)[C@H]2C1. The van der Waals surface area contributed by atoms with Crippen molar-refractivity contribution in [1.82, 2.24) is 0 Å². The largest absolute Gasteiger partial charge is 0.481 e. The van der Waals surface area contributed by atoms with E-state index in [2.05, 4.69) is 18.2 Å². The van der Waals surface area contributed by atoms with Crippen molar-refractivity contribution in [1.29, 1.82) is 0 Å². The molecule has 150 valence electrons. The average molecular weight is 383 g/mol. The van der Waals surface area contributed by atoms with E-state index in [0.717, 1.165) is 19.3 Å². The summed E-state index contributed by atoms with van der Waals surface area (Å²) in [5.41, 5.74) is 2.45. The molecule has 0 aromatic heterocycles. The zero-order valence-electron chi connectivity index (χ0n) is 16.2. The fraction of sp³-hybridized carbons (Fsp3) is 0.458. The Morgan fingerprint density at radius 1 is 1.25 bits per heavy atom. The molecule has 0 saturated heterocycles. The Morgan fingerprint density at radius 3 is 2.79 bits per heavy atom. The summed E-state index contributed by atoms with van der Waals surface area (Å²) in [6, 6.07) is 10.1. The van der Waals surface area contributed by atoms with E-state index in [9.17, 15) is 15.0 Å². The van der Waals surface area contributed by atoms with Gasteiger partial charge in [0.1, 0.15) is 0 Å². The molecule has 0 bridgehead atoms. The monoisotopic (exact) mass is 382 g/mol. The van der Waals surface area contributed by atoms with Crippen molar-refractivity contribution in [2.24, 2.45) is 17.8 Å². The molecular weight excluding hydrogens is 352 g/mol. The summed E-state index contributed by atoms with van der Waals surface area (Å²) < 4.78 is 0. The molecule has 1 aromatic rings. The number of rotatable bonds is 9. The highest BCUT2D eigenvalue weighted by molar-refractivity contribution is 5.66. The number of fused-ring (bicyclic) bond motifs is 1. The molecule has 1 fully saturated rings. The first-order chi connectivity index (χ1) is 13.5. The lowest BCUT2D eigenvalue weighted by Crippen LogP contribution is -2.18. The van der Waals surface area contributed by atoms with Crippen LogP contribution in [0.5, 0.6) is 0 Å². The quantitative estimate of drug-likeness (QED) is 0.566. The van der Waals surface area contributed by atoms with E-state index >= 15 is 0 Å². The van der Waals surface area contributed by atoms with Gasteiger partial charge in [-0.1, -0.05) is 66.3 Å². The lowest BCUT2D eigenvalue weighted by Gasteiger charge is -2.18. The molecule has 2 aliphatic rings. The van der Waals surface area contributed by atoms with Gasteiger partial charge in [0, 0.05) is 12.3 Å². The molecule has 0 unspecified atom stereocenters. The fourth-order valence-electron chi connectivity index (χ4n) is 4.42. The van der Waals surface area contributed by atoms with Gasteiger partial charge in [-0.3, -0.25) is 4.79 Å². The van der Waals surface area contributed by atoms with E-state index in [4.69, 9.17) is 5.11 Å². The van der Waals surface area contributed by atoms with Crippen LogP contribution in [0.4, 0.5) is 0 Å². The number of aliphatic hydroxyl groups excluding tert-OH is 2. The second kappa shape index (κ2) is 9.85. The average Bonchev–Trinajstić information content (AvgIpc) is 3.19. The summed E-state index contributed by atoms with van der Waals surface area (Å²) in [6.07, 6.45) is 13.0. The number of aryl methyl sites for hydroxylation is 1. The third-order valence-corrected chi connectivity index (χ3v) is 5.89. The van der Waals surface area contributed by atoms with Crippen molar-refractivity contribution in [3.8, 4) is 0 Å². The van der Waals surface area contributed by atoms with Crippen LogP contribution >= 0.6 is 0 Å². The highest BCUT2D eigenvalue weighted by atomic mass is 16.4. The minimum Gasteiger partial charge on any atom is -0.481 e. The number of hydrogen-bond acceptors (Lipinski definition) is 3. The maximum absolute atomic E-state index is 10.6. The smallest absolute Gasteiger partial charge is 0.303 e. The van der Waals surface area contributed by atoms with Crippen LogP contribution in [0.2, 0.25) is 0 Å². The van der Waals surface area contributed by atoms with Crippen molar-refractivity contribution >= 4 is 5.97 Å². The number of aliphatic hydroxyl groups is 2. The molecule has 0 heterocycles. The van der Waals surface area contributed by atoms with Crippen LogP contribution in [0.15, 0.2) is 66.3 Å². The summed E-state index contributed by atoms with van der Waals surface area (Å²) in [5, 5.41) is 29.4. The first-order valence-electron chi connectivity index (χ1n) is 10.2. The zero-order chi connectivity index (χ0) is 19.9. The number of carboxylic acids is 1. The molecule has 3 N–H and O–H groups in total. The van der Waals surface area contributed by atoms with E-state index < -0.39 is 12.1 Å². The van der Waals surface area contributed by atoms with Crippen LogP contribution in [0.25, 0.3) is 0 Å². The molecule has 3 rings (SSSR count). The molecule has 0 radical (unpaired) electrons. The Hall–Kier alpha value is -2.17. The number of aliphatic carboxylic acids is 1. The van der Waals surface area contributed by atoms with E-state index in [1.807, 2.05) is 42.5 Å². The van der Waals surface area contributed by atoms with Gasteiger partial charge in [-0.25, -0.2) is 0 Å². The number of carboxylic acid groups (broad SMARTS) is 1. The van der Waals surface area contributed by atoms with Gasteiger partial charge in [0.05, 0.1) is 12.2 Å². The van der Waals surface area contributed by atoms with Crippen LogP contribution in [0.1, 0.15) is 37.7 Å². The van der Waals surface area contributed by atoms with E-state index in [1.165, 1.54) is 11.1 Å². The number of allylic oxidation sites excluding steroid dienone is 4. The second-order valence-electron chi connectivity index (χ2n) is 7.97. The van der Waals surface area contributed by atoms with Crippen LogP contribution in [-0.2, 0) is 11.2 Å². The van der Waals surface area contributed by atoms with Crippen molar-refractivity contribution in [2.75, 3.05) is 0 Å². The summed E-state index contributed by atoms with van der Waals surface area (Å²) in [7, 11) is 0. The molecule has 5 atom stereocenters. The molecule has 1 aromatic carbocycles. The Kier molecular flexibility index (Phi) is 7.24. The van der Waals surface area contributed by atoms with Crippen molar-refractivity contribution in [2.45, 2.75) is 50.7 Å². The summed E-state index contributed by atoms with van der Waals surface area (Å²) in [6.45, 7) is 0. The van der Waals surface area contributed by atoms with Gasteiger partial charge in [0.15, 0.2) is 0 Å².